The molecule has 0 heterocycles. The van der Waals surface area contributed by atoms with E-state index in [4.69, 9.17) is 9.47 Å². The van der Waals surface area contributed by atoms with E-state index >= 15 is 0 Å². The largest absolute Gasteiger partial charge is 0.449 e. The standard InChI is InChI=1S/C21H33NO4/c1-10-22(19(24)25-11-2)16-13-15(20(4,5)6)12-14(3)17(16)26-18(23)21(7,8)9/h12-13H,10-11H2,1-9H3. The summed E-state index contributed by atoms with van der Waals surface area (Å²) in [7, 11) is 0. The summed E-state index contributed by atoms with van der Waals surface area (Å²) in [6, 6.07) is 3.92. The maximum Gasteiger partial charge on any atom is 0.414 e. The van der Waals surface area contributed by atoms with E-state index in [2.05, 4.69) is 20.8 Å². The number of carbonyl (C=O) groups excluding carboxylic acids is 2. The van der Waals surface area contributed by atoms with Gasteiger partial charge in [0.1, 0.15) is 0 Å². The van der Waals surface area contributed by atoms with Gasteiger partial charge >= 0.3 is 12.1 Å². The van der Waals surface area contributed by atoms with E-state index < -0.39 is 11.5 Å². The second kappa shape index (κ2) is 8.11. The van der Waals surface area contributed by atoms with Gasteiger partial charge in [-0.05, 0) is 64.2 Å². The average Bonchev–Trinajstić information content (AvgIpc) is 2.48. The third-order valence-corrected chi connectivity index (χ3v) is 4.02. The Morgan fingerprint density at radius 1 is 1.04 bits per heavy atom. The van der Waals surface area contributed by atoms with Crippen LogP contribution in [0.2, 0.25) is 0 Å². The highest BCUT2D eigenvalue weighted by atomic mass is 16.6. The average molecular weight is 363 g/mol. The van der Waals surface area contributed by atoms with Crippen molar-refractivity contribution in [1.82, 2.24) is 0 Å². The number of nitrogens with zero attached hydrogens (tertiary/aromatic N) is 1. The van der Waals surface area contributed by atoms with Gasteiger partial charge in [-0.25, -0.2) is 4.79 Å². The van der Waals surface area contributed by atoms with E-state index in [1.165, 1.54) is 4.90 Å². The number of ether oxygens (including phenoxy) is 2. The lowest BCUT2D eigenvalue weighted by molar-refractivity contribution is -0.143. The minimum atomic E-state index is -0.645. The van der Waals surface area contributed by atoms with E-state index in [-0.39, 0.29) is 18.0 Å². The van der Waals surface area contributed by atoms with Crippen molar-refractivity contribution < 1.29 is 19.1 Å². The molecule has 0 spiro atoms. The molecule has 0 aliphatic heterocycles. The molecule has 0 saturated carbocycles. The van der Waals surface area contributed by atoms with Crippen molar-refractivity contribution in [1.29, 1.82) is 0 Å². The maximum atomic E-state index is 12.5. The van der Waals surface area contributed by atoms with Gasteiger partial charge in [0.2, 0.25) is 0 Å². The SMILES string of the molecule is CCOC(=O)N(CC)c1cc(C(C)(C)C)cc(C)c1OC(=O)C(C)(C)C. The maximum absolute atomic E-state index is 12.5. The summed E-state index contributed by atoms with van der Waals surface area (Å²) in [4.78, 5) is 26.4. The number of carbonyl (C=O) groups is 2. The van der Waals surface area contributed by atoms with Gasteiger partial charge in [-0.1, -0.05) is 26.8 Å². The molecule has 0 N–H and O–H groups in total. The summed E-state index contributed by atoms with van der Waals surface area (Å²) < 4.78 is 10.9. The van der Waals surface area contributed by atoms with Gasteiger partial charge in [0.15, 0.2) is 5.75 Å². The van der Waals surface area contributed by atoms with Crippen LogP contribution < -0.4 is 9.64 Å². The second-order valence-corrected chi connectivity index (χ2v) is 8.47. The molecule has 0 radical (unpaired) electrons. The fourth-order valence-electron chi connectivity index (χ4n) is 2.37. The molecule has 0 aromatic heterocycles. The number of anilines is 1. The quantitative estimate of drug-likeness (QED) is 0.543. The number of amides is 1. The Morgan fingerprint density at radius 2 is 1.62 bits per heavy atom. The first-order valence-electron chi connectivity index (χ1n) is 9.14. The summed E-state index contributed by atoms with van der Waals surface area (Å²) in [5, 5.41) is 0. The lowest BCUT2D eigenvalue weighted by Crippen LogP contribution is -2.33. The predicted octanol–water partition coefficient (Wildman–Crippen LogP) is 5.23. The van der Waals surface area contributed by atoms with Crippen LogP contribution in [-0.2, 0) is 14.9 Å². The van der Waals surface area contributed by atoms with Gasteiger partial charge < -0.3 is 9.47 Å². The smallest absolute Gasteiger partial charge is 0.414 e. The zero-order valence-corrected chi connectivity index (χ0v) is 17.6. The molecule has 0 bridgehead atoms. The molecule has 0 aliphatic rings. The normalized spacial score (nSPS) is 11.9. The second-order valence-electron chi connectivity index (χ2n) is 8.47. The van der Waals surface area contributed by atoms with Gasteiger partial charge in [-0.15, -0.1) is 0 Å². The van der Waals surface area contributed by atoms with Crippen molar-refractivity contribution in [3.05, 3.63) is 23.3 Å². The highest BCUT2D eigenvalue weighted by Gasteiger charge is 2.29. The zero-order valence-electron chi connectivity index (χ0n) is 17.6. The summed E-state index contributed by atoms with van der Waals surface area (Å²) >= 11 is 0. The Labute approximate surface area is 157 Å². The van der Waals surface area contributed by atoms with Crippen LogP contribution in [0.3, 0.4) is 0 Å². The Morgan fingerprint density at radius 3 is 2.04 bits per heavy atom. The van der Waals surface area contributed by atoms with Crippen molar-refractivity contribution in [2.45, 2.75) is 67.7 Å². The van der Waals surface area contributed by atoms with Gasteiger partial charge in [-0.3, -0.25) is 9.69 Å². The van der Waals surface area contributed by atoms with Crippen LogP contribution in [0, 0.1) is 12.3 Å². The van der Waals surface area contributed by atoms with E-state index in [0.29, 0.717) is 18.0 Å². The molecule has 5 heteroatoms. The first-order valence-corrected chi connectivity index (χ1v) is 9.14. The van der Waals surface area contributed by atoms with Crippen molar-refractivity contribution in [2.24, 2.45) is 5.41 Å². The van der Waals surface area contributed by atoms with Gasteiger partial charge in [-0.2, -0.15) is 0 Å². The van der Waals surface area contributed by atoms with Crippen LogP contribution in [0.1, 0.15) is 66.5 Å². The zero-order chi connectivity index (χ0) is 20.3. The molecule has 26 heavy (non-hydrogen) atoms. The molecule has 1 amide bonds. The lowest BCUT2D eigenvalue weighted by atomic mass is 9.85. The van der Waals surface area contributed by atoms with E-state index in [1.54, 1.807) is 27.7 Å². The van der Waals surface area contributed by atoms with Crippen molar-refractivity contribution >= 4 is 17.7 Å². The summed E-state index contributed by atoms with van der Waals surface area (Å²) in [5.41, 5.74) is 1.68. The molecule has 0 atom stereocenters. The Balaban J connectivity index is 3.57. The minimum Gasteiger partial charge on any atom is -0.449 e. The molecule has 1 rings (SSSR count). The van der Waals surface area contributed by atoms with Crippen molar-refractivity contribution in [2.75, 3.05) is 18.1 Å². The highest BCUT2D eigenvalue weighted by molar-refractivity contribution is 5.91. The molecule has 1 aromatic carbocycles. The first kappa shape index (κ1) is 22.0. The van der Waals surface area contributed by atoms with Crippen LogP contribution in [-0.4, -0.2) is 25.2 Å². The van der Waals surface area contributed by atoms with Crippen molar-refractivity contribution in [3.8, 4) is 5.75 Å². The summed E-state index contributed by atoms with van der Waals surface area (Å²) in [5.74, 6) is 0.0677. The fourth-order valence-corrected chi connectivity index (χ4v) is 2.37. The van der Waals surface area contributed by atoms with Gasteiger partial charge in [0.25, 0.3) is 0 Å². The van der Waals surface area contributed by atoms with E-state index in [9.17, 15) is 9.59 Å². The number of hydrogen-bond acceptors (Lipinski definition) is 4. The molecule has 1 aromatic rings. The Bertz CT molecular complexity index is 666. The molecule has 5 nitrogen and oxygen atoms in total. The molecule has 0 aliphatic carbocycles. The van der Waals surface area contributed by atoms with E-state index in [1.807, 2.05) is 26.0 Å². The lowest BCUT2D eigenvalue weighted by Gasteiger charge is -2.28. The Kier molecular flexibility index (Phi) is 6.86. The number of hydrogen-bond donors (Lipinski definition) is 0. The number of esters is 1. The number of aryl methyl sites for hydroxylation is 1. The highest BCUT2D eigenvalue weighted by Crippen LogP contribution is 2.38. The predicted molar refractivity (Wildman–Crippen MR) is 105 cm³/mol. The third-order valence-electron chi connectivity index (χ3n) is 4.02. The number of rotatable bonds is 4. The monoisotopic (exact) mass is 363 g/mol. The van der Waals surface area contributed by atoms with Crippen LogP contribution in [0.4, 0.5) is 10.5 Å². The van der Waals surface area contributed by atoms with Gasteiger partial charge in [0, 0.05) is 6.54 Å². The molecular formula is C21H33NO4. The first-order chi connectivity index (χ1) is 11.8. The fraction of sp³-hybridized carbons (Fsp3) is 0.619. The third kappa shape index (κ3) is 5.23. The van der Waals surface area contributed by atoms with Crippen LogP contribution >= 0.6 is 0 Å². The molecule has 146 valence electrons. The number of benzene rings is 1. The van der Waals surface area contributed by atoms with Crippen LogP contribution in [0.15, 0.2) is 12.1 Å². The molecule has 0 fully saturated rings. The van der Waals surface area contributed by atoms with Crippen LogP contribution in [0.25, 0.3) is 0 Å². The van der Waals surface area contributed by atoms with E-state index in [0.717, 1.165) is 11.1 Å². The minimum absolute atomic E-state index is 0.111. The molecule has 0 saturated heterocycles. The molecule has 0 unspecified atom stereocenters. The summed E-state index contributed by atoms with van der Waals surface area (Å²) in [6.45, 7) is 17.9. The van der Waals surface area contributed by atoms with Crippen LogP contribution in [0.5, 0.6) is 5.75 Å². The Hall–Kier alpha value is -2.04. The van der Waals surface area contributed by atoms with Crippen molar-refractivity contribution in [3.63, 3.8) is 0 Å². The topological polar surface area (TPSA) is 55.8 Å². The summed E-state index contributed by atoms with van der Waals surface area (Å²) in [6.07, 6.45) is -0.450. The molecular weight excluding hydrogens is 330 g/mol. The van der Waals surface area contributed by atoms with Gasteiger partial charge in [0.05, 0.1) is 17.7 Å².